The van der Waals surface area contributed by atoms with Crippen molar-refractivity contribution in [1.29, 1.82) is 0 Å². The summed E-state index contributed by atoms with van der Waals surface area (Å²) in [7, 11) is -3.55. The Morgan fingerprint density at radius 3 is 2.14 bits per heavy atom. The van der Waals surface area contributed by atoms with E-state index in [1.807, 2.05) is 27.7 Å². The zero-order valence-electron chi connectivity index (χ0n) is 13.2. The van der Waals surface area contributed by atoms with Crippen LogP contribution in [0.5, 0.6) is 5.75 Å². The molecule has 120 valence electrons. The number of hydrogen-bond acceptors (Lipinski definition) is 4. The first-order chi connectivity index (χ1) is 9.74. The molecule has 1 rings (SSSR count). The second-order valence-electron chi connectivity index (χ2n) is 5.82. The molecule has 0 aliphatic heterocycles. The second-order valence-corrected chi connectivity index (χ2v) is 7.54. The number of hydrogen-bond donors (Lipinski definition) is 2. The zero-order chi connectivity index (χ0) is 16.0. The molecule has 0 saturated carbocycles. The minimum Gasteiger partial charge on any atom is -0.491 e. The fourth-order valence-electron chi connectivity index (χ4n) is 2.02. The molecule has 0 aliphatic rings. The molecule has 0 fully saturated rings. The molecule has 1 atom stereocenters. The fraction of sp³-hybridized carbons (Fsp3) is 0.600. The molecule has 5 nitrogen and oxygen atoms in total. The molecule has 1 aromatic rings. The molecule has 0 saturated heterocycles. The summed E-state index contributed by atoms with van der Waals surface area (Å²) in [5.41, 5.74) is 5.64. The van der Waals surface area contributed by atoms with E-state index >= 15 is 0 Å². The van der Waals surface area contributed by atoms with Gasteiger partial charge in [-0.2, -0.15) is 0 Å². The Bertz CT molecular complexity index is 524. The van der Waals surface area contributed by atoms with Crippen LogP contribution in [0.1, 0.15) is 34.1 Å². The van der Waals surface area contributed by atoms with E-state index in [1.54, 1.807) is 24.3 Å². The molecule has 0 aliphatic carbocycles. The Morgan fingerprint density at radius 2 is 1.71 bits per heavy atom. The average molecular weight is 314 g/mol. The maximum atomic E-state index is 12.3. The van der Waals surface area contributed by atoms with Crippen molar-refractivity contribution >= 4 is 10.0 Å². The van der Waals surface area contributed by atoms with Crippen LogP contribution in [-0.4, -0.2) is 27.1 Å². The van der Waals surface area contributed by atoms with Crippen molar-refractivity contribution in [2.24, 2.45) is 11.7 Å². The smallest absolute Gasteiger partial charge is 0.240 e. The lowest BCUT2D eigenvalue weighted by molar-refractivity contribution is 0.242. The summed E-state index contributed by atoms with van der Waals surface area (Å²) in [5, 5.41) is 0. The van der Waals surface area contributed by atoms with Crippen molar-refractivity contribution in [3.63, 3.8) is 0 Å². The monoisotopic (exact) mass is 314 g/mol. The molecule has 0 bridgehead atoms. The van der Waals surface area contributed by atoms with Gasteiger partial charge in [-0.25, -0.2) is 13.1 Å². The van der Waals surface area contributed by atoms with Gasteiger partial charge in [0.15, 0.2) is 0 Å². The second kappa shape index (κ2) is 7.77. The van der Waals surface area contributed by atoms with Crippen LogP contribution in [0.3, 0.4) is 0 Å². The van der Waals surface area contributed by atoms with Crippen LogP contribution in [0, 0.1) is 5.92 Å². The number of sulfonamides is 1. The molecule has 0 aromatic heterocycles. The van der Waals surface area contributed by atoms with E-state index in [2.05, 4.69) is 4.72 Å². The van der Waals surface area contributed by atoms with Crippen molar-refractivity contribution in [3.8, 4) is 5.75 Å². The Balaban J connectivity index is 2.82. The highest BCUT2D eigenvalue weighted by Gasteiger charge is 2.20. The first kappa shape index (κ1) is 17.9. The predicted molar refractivity (Wildman–Crippen MR) is 84.8 cm³/mol. The van der Waals surface area contributed by atoms with Gasteiger partial charge in [-0.05, 0) is 50.5 Å². The molecular weight excluding hydrogens is 288 g/mol. The molecule has 0 heterocycles. The summed E-state index contributed by atoms with van der Waals surface area (Å²) >= 11 is 0. The van der Waals surface area contributed by atoms with Gasteiger partial charge in [0, 0.05) is 12.6 Å². The van der Waals surface area contributed by atoms with E-state index in [0.717, 1.165) is 0 Å². The molecular formula is C15H26N2O3S. The number of benzene rings is 1. The van der Waals surface area contributed by atoms with Gasteiger partial charge in [0.2, 0.25) is 10.0 Å². The highest BCUT2D eigenvalue weighted by Crippen LogP contribution is 2.18. The highest BCUT2D eigenvalue weighted by atomic mass is 32.2. The molecule has 0 amide bonds. The van der Waals surface area contributed by atoms with Gasteiger partial charge < -0.3 is 10.5 Å². The van der Waals surface area contributed by atoms with Crippen molar-refractivity contribution in [3.05, 3.63) is 24.3 Å². The summed E-state index contributed by atoms with van der Waals surface area (Å²) in [6, 6.07) is 6.16. The lowest BCUT2D eigenvalue weighted by Gasteiger charge is -2.19. The predicted octanol–water partition coefficient (Wildman–Crippen LogP) is 2.13. The first-order valence-corrected chi connectivity index (χ1v) is 8.72. The Labute approximate surface area is 127 Å². The third kappa shape index (κ3) is 6.03. The van der Waals surface area contributed by atoms with E-state index in [4.69, 9.17) is 10.5 Å². The van der Waals surface area contributed by atoms with Gasteiger partial charge in [0.05, 0.1) is 11.0 Å². The molecule has 1 aromatic carbocycles. The van der Waals surface area contributed by atoms with Crippen LogP contribution < -0.4 is 15.2 Å². The third-order valence-electron chi connectivity index (χ3n) is 2.87. The highest BCUT2D eigenvalue weighted by molar-refractivity contribution is 7.89. The number of nitrogens with one attached hydrogen (secondary N) is 1. The van der Waals surface area contributed by atoms with Gasteiger partial charge >= 0.3 is 0 Å². The molecule has 1 unspecified atom stereocenters. The first-order valence-electron chi connectivity index (χ1n) is 7.23. The van der Waals surface area contributed by atoms with Crippen LogP contribution in [0.2, 0.25) is 0 Å². The van der Waals surface area contributed by atoms with Crippen LogP contribution in [0.4, 0.5) is 0 Å². The SMILES string of the molecule is CC(C)CC(CN)NS(=O)(=O)c1ccc(OC(C)C)cc1. The molecule has 0 spiro atoms. The zero-order valence-corrected chi connectivity index (χ0v) is 14.0. The summed E-state index contributed by atoms with van der Waals surface area (Å²) in [6.07, 6.45) is 0.767. The van der Waals surface area contributed by atoms with Gasteiger partial charge in [0.25, 0.3) is 0 Å². The van der Waals surface area contributed by atoms with Crippen molar-refractivity contribution in [1.82, 2.24) is 4.72 Å². The Hall–Kier alpha value is -1.11. The summed E-state index contributed by atoms with van der Waals surface area (Å²) in [6.45, 7) is 8.20. The van der Waals surface area contributed by atoms with Crippen LogP contribution in [0.25, 0.3) is 0 Å². The van der Waals surface area contributed by atoms with E-state index in [1.165, 1.54) is 0 Å². The standard InChI is InChI=1S/C15H26N2O3S/c1-11(2)9-13(10-16)17-21(18,19)15-7-5-14(6-8-15)20-12(3)4/h5-8,11-13,17H,9-10,16H2,1-4H3. The van der Waals surface area contributed by atoms with Crippen LogP contribution in [0.15, 0.2) is 29.2 Å². The topological polar surface area (TPSA) is 81.4 Å². The van der Waals surface area contributed by atoms with Crippen LogP contribution in [-0.2, 0) is 10.0 Å². The van der Waals surface area contributed by atoms with Gasteiger partial charge in [-0.1, -0.05) is 13.8 Å². The van der Waals surface area contributed by atoms with E-state index in [0.29, 0.717) is 18.1 Å². The van der Waals surface area contributed by atoms with Gasteiger partial charge in [0.1, 0.15) is 5.75 Å². The molecule has 0 radical (unpaired) electrons. The number of nitrogens with two attached hydrogens (primary N) is 1. The molecule has 21 heavy (non-hydrogen) atoms. The van der Waals surface area contributed by atoms with Crippen LogP contribution >= 0.6 is 0 Å². The van der Waals surface area contributed by atoms with Gasteiger partial charge in [-0.15, -0.1) is 0 Å². The lowest BCUT2D eigenvalue weighted by atomic mass is 10.1. The van der Waals surface area contributed by atoms with Crippen molar-refractivity contribution in [2.45, 2.75) is 51.2 Å². The normalized spacial score (nSPS) is 13.7. The minimum absolute atomic E-state index is 0.0539. The average Bonchev–Trinajstić information content (AvgIpc) is 2.37. The quantitative estimate of drug-likeness (QED) is 0.770. The fourth-order valence-corrected chi connectivity index (χ4v) is 3.28. The number of ether oxygens (including phenoxy) is 1. The number of rotatable bonds is 8. The Morgan fingerprint density at radius 1 is 1.14 bits per heavy atom. The van der Waals surface area contributed by atoms with Crippen molar-refractivity contribution < 1.29 is 13.2 Å². The molecule has 6 heteroatoms. The van der Waals surface area contributed by atoms with E-state index in [-0.39, 0.29) is 23.6 Å². The van der Waals surface area contributed by atoms with E-state index in [9.17, 15) is 8.42 Å². The van der Waals surface area contributed by atoms with Crippen molar-refractivity contribution in [2.75, 3.05) is 6.54 Å². The maximum absolute atomic E-state index is 12.3. The van der Waals surface area contributed by atoms with E-state index < -0.39 is 10.0 Å². The lowest BCUT2D eigenvalue weighted by Crippen LogP contribution is -2.40. The Kier molecular flexibility index (Phi) is 6.64. The minimum atomic E-state index is -3.55. The summed E-state index contributed by atoms with van der Waals surface area (Å²) < 4.78 is 32.8. The van der Waals surface area contributed by atoms with Gasteiger partial charge in [-0.3, -0.25) is 0 Å². The third-order valence-corrected chi connectivity index (χ3v) is 4.40. The maximum Gasteiger partial charge on any atom is 0.240 e. The summed E-state index contributed by atoms with van der Waals surface area (Å²) in [5.74, 6) is 1.03. The molecule has 3 N–H and O–H groups in total. The summed E-state index contributed by atoms with van der Waals surface area (Å²) in [4.78, 5) is 0.223. The largest absolute Gasteiger partial charge is 0.491 e.